The van der Waals surface area contributed by atoms with E-state index in [0.717, 1.165) is 18.2 Å². The lowest BCUT2D eigenvalue weighted by molar-refractivity contribution is 0.186. The normalized spacial score (nSPS) is 10.5. The fraction of sp³-hybridized carbons (Fsp3) is 1.00. The Morgan fingerprint density at radius 2 is 1.08 bits per heavy atom. The second kappa shape index (κ2) is 11.4. The predicted octanol–water partition coefficient (Wildman–Crippen LogP) is 3.93. The van der Waals surface area contributed by atoms with E-state index >= 15 is 0 Å². The topological polar surface area (TPSA) is 19.9 Å². The molecular weight excluding hydrogens is 216 g/mol. The van der Waals surface area contributed by atoms with Gasteiger partial charge in [0, 0.05) is 5.33 Å². The molecule has 0 aromatic carbocycles. The summed E-state index contributed by atoms with van der Waals surface area (Å²) >= 11 is 3.42. The van der Waals surface area contributed by atoms with Gasteiger partial charge in [-0.3, -0.25) is 0 Å². The maximum absolute atomic E-state index is 10.1. The molecule has 0 heterocycles. The lowest BCUT2D eigenvalue weighted by atomic mass is 10.1. The summed E-state index contributed by atoms with van der Waals surface area (Å²) in [6, 6.07) is 0. The number of alkyl halides is 1. The molecule has 0 unspecified atom stereocenters. The van der Waals surface area contributed by atoms with E-state index in [4.69, 9.17) is 0 Å². The molecule has 0 bridgehead atoms. The van der Waals surface area contributed by atoms with Crippen LogP contribution in [0.3, 0.4) is 0 Å². The van der Waals surface area contributed by atoms with E-state index in [-0.39, 0.29) is 6.61 Å². The number of hydrogen-bond donors (Lipinski definition) is 0. The van der Waals surface area contributed by atoms with Gasteiger partial charge in [0.15, 0.2) is 0 Å². The van der Waals surface area contributed by atoms with Crippen molar-refractivity contribution >= 4 is 15.9 Å². The predicted molar refractivity (Wildman–Crippen MR) is 56.3 cm³/mol. The maximum Gasteiger partial charge on any atom is 0.0822 e. The van der Waals surface area contributed by atoms with Crippen molar-refractivity contribution in [2.75, 3.05) is 11.9 Å². The van der Waals surface area contributed by atoms with Gasteiger partial charge in [-0.15, -0.1) is 0 Å². The molecule has 0 aliphatic rings. The van der Waals surface area contributed by atoms with Gasteiger partial charge in [0.05, 0.1) is 6.61 Å². The van der Waals surface area contributed by atoms with Gasteiger partial charge >= 0.3 is 0 Å². The van der Waals surface area contributed by atoms with Gasteiger partial charge in [0.2, 0.25) is 0 Å². The molecule has 2 heteroatoms. The number of unbranched alkanes of at least 4 members (excludes halogenated alkanes) is 7. The van der Waals surface area contributed by atoms with E-state index < -0.39 is 0 Å². The highest BCUT2D eigenvalue weighted by Gasteiger charge is 1.90. The van der Waals surface area contributed by atoms with Gasteiger partial charge in [-0.1, -0.05) is 54.5 Å². The lowest BCUT2D eigenvalue weighted by Crippen LogP contribution is -1.83. The van der Waals surface area contributed by atoms with Gasteiger partial charge in [-0.05, 0) is 12.8 Å². The first-order valence-corrected chi connectivity index (χ1v) is 6.18. The van der Waals surface area contributed by atoms with Crippen LogP contribution in [0.1, 0.15) is 51.4 Å². The van der Waals surface area contributed by atoms with Gasteiger partial charge in [-0.25, -0.2) is 5.11 Å². The quantitative estimate of drug-likeness (QED) is 0.427. The highest BCUT2D eigenvalue weighted by molar-refractivity contribution is 9.09. The molecule has 0 N–H and O–H groups in total. The van der Waals surface area contributed by atoms with Crippen LogP contribution in [0.25, 0.3) is 0 Å². The summed E-state index contributed by atoms with van der Waals surface area (Å²) in [5, 5.41) is 11.2. The molecule has 0 aliphatic carbocycles. The summed E-state index contributed by atoms with van der Waals surface area (Å²) in [6.45, 7) is 0.115. The third-order valence-electron chi connectivity index (χ3n) is 2.03. The Morgan fingerprint density at radius 3 is 1.50 bits per heavy atom. The minimum absolute atomic E-state index is 0.115. The molecule has 0 saturated heterocycles. The molecular formula is C10H20BrO. The fourth-order valence-electron chi connectivity index (χ4n) is 1.26. The Morgan fingerprint density at radius 1 is 0.667 bits per heavy atom. The minimum Gasteiger partial charge on any atom is -0.237 e. The van der Waals surface area contributed by atoms with Crippen molar-refractivity contribution in [1.82, 2.24) is 0 Å². The molecule has 0 aromatic rings. The highest BCUT2D eigenvalue weighted by atomic mass is 79.9. The van der Waals surface area contributed by atoms with Gasteiger partial charge in [0.25, 0.3) is 0 Å². The Labute approximate surface area is 84.7 Å². The number of halogens is 1. The van der Waals surface area contributed by atoms with Crippen molar-refractivity contribution < 1.29 is 5.11 Å². The summed E-state index contributed by atoms with van der Waals surface area (Å²) in [5.74, 6) is 0. The first-order valence-electron chi connectivity index (χ1n) is 5.06. The number of hydrogen-bond acceptors (Lipinski definition) is 0. The van der Waals surface area contributed by atoms with Crippen LogP contribution >= 0.6 is 15.9 Å². The molecule has 0 aromatic heterocycles. The van der Waals surface area contributed by atoms with E-state index in [2.05, 4.69) is 15.9 Å². The van der Waals surface area contributed by atoms with Crippen LogP contribution in [0.2, 0.25) is 0 Å². The molecule has 0 aliphatic heterocycles. The first-order chi connectivity index (χ1) is 5.91. The molecule has 12 heavy (non-hydrogen) atoms. The van der Waals surface area contributed by atoms with Crippen LogP contribution in [-0.2, 0) is 5.11 Å². The summed E-state index contributed by atoms with van der Waals surface area (Å²) in [6.07, 6.45) is 9.98. The second-order valence-electron chi connectivity index (χ2n) is 3.22. The molecule has 0 rings (SSSR count). The summed E-state index contributed by atoms with van der Waals surface area (Å²) in [7, 11) is 0. The zero-order valence-corrected chi connectivity index (χ0v) is 9.44. The first kappa shape index (κ1) is 12.4. The third-order valence-corrected chi connectivity index (χ3v) is 2.59. The number of rotatable bonds is 9. The largest absolute Gasteiger partial charge is 0.237 e. The van der Waals surface area contributed by atoms with Crippen LogP contribution < -0.4 is 0 Å². The van der Waals surface area contributed by atoms with Crippen LogP contribution in [0.15, 0.2) is 0 Å². The zero-order chi connectivity index (χ0) is 9.07. The maximum atomic E-state index is 10.1. The fourth-order valence-corrected chi connectivity index (χ4v) is 1.65. The minimum atomic E-state index is 0.115. The average Bonchev–Trinajstić information content (AvgIpc) is 2.10. The summed E-state index contributed by atoms with van der Waals surface area (Å²) in [4.78, 5) is 0. The third kappa shape index (κ3) is 10.4. The van der Waals surface area contributed by atoms with Crippen LogP contribution in [0, 0.1) is 0 Å². The van der Waals surface area contributed by atoms with Crippen molar-refractivity contribution in [3.05, 3.63) is 0 Å². The molecule has 0 atom stereocenters. The van der Waals surface area contributed by atoms with Crippen molar-refractivity contribution in [2.45, 2.75) is 51.4 Å². The van der Waals surface area contributed by atoms with Gasteiger partial charge < -0.3 is 0 Å². The molecule has 73 valence electrons. The van der Waals surface area contributed by atoms with Crippen molar-refractivity contribution in [1.29, 1.82) is 0 Å². The second-order valence-corrected chi connectivity index (χ2v) is 4.01. The molecule has 0 spiro atoms. The highest BCUT2D eigenvalue weighted by Crippen LogP contribution is 2.08. The van der Waals surface area contributed by atoms with E-state index in [1.165, 1.54) is 38.5 Å². The van der Waals surface area contributed by atoms with Gasteiger partial charge in [-0.2, -0.15) is 0 Å². The molecule has 0 saturated carbocycles. The summed E-state index contributed by atoms with van der Waals surface area (Å²) < 4.78 is 0. The van der Waals surface area contributed by atoms with E-state index in [9.17, 15) is 5.11 Å². The zero-order valence-electron chi connectivity index (χ0n) is 7.86. The van der Waals surface area contributed by atoms with E-state index in [0.29, 0.717) is 0 Å². The molecule has 0 fully saturated rings. The SMILES string of the molecule is [O]CCCCCCCCCCBr. The molecule has 0 amide bonds. The molecule has 1 radical (unpaired) electrons. The van der Waals surface area contributed by atoms with Crippen LogP contribution in [0.4, 0.5) is 0 Å². The van der Waals surface area contributed by atoms with E-state index in [1.54, 1.807) is 0 Å². The van der Waals surface area contributed by atoms with Gasteiger partial charge in [0.1, 0.15) is 0 Å². The van der Waals surface area contributed by atoms with Crippen LogP contribution in [0.5, 0.6) is 0 Å². The van der Waals surface area contributed by atoms with Crippen molar-refractivity contribution in [3.63, 3.8) is 0 Å². The standard InChI is InChI=1S/C10H20BrO/c11-9-7-5-3-1-2-4-6-8-10-12/h1-10H2. The lowest BCUT2D eigenvalue weighted by Gasteiger charge is -1.99. The smallest absolute Gasteiger partial charge is 0.0822 e. The van der Waals surface area contributed by atoms with E-state index in [1.807, 2.05) is 0 Å². The Hall–Kier alpha value is 0.440. The Balaban J connectivity index is 2.73. The molecule has 1 nitrogen and oxygen atoms in total. The summed E-state index contributed by atoms with van der Waals surface area (Å²) in [5.41, 5.74) is 0. The van der Waals surface area contributed by atoms with Crippen molar-refractivity contribution in [2.24, 2.45) is 0 Å². The average molecular weight is 236 g/mol. The Bertz CT molecular complexity index is 66.2. The monoisotopic (exact) mass is 235 g/mol. The Kier molecular flexibility index (Phi) is 11.9. The van der Waals surface area contributed by atoms with Crippen LogP contribution in [-0.4, -0.2) is 11.9 Å². The van der Waals surface area contributed by atoms with Crippen molar-refractivity contribution in [3.8, 4) is 0 Å².